The van der Waals surface area contributed by atoms with Crippen molar-refractivity contribution >= 4 is 11.8 Å². The number of carbonyl (C=O) groups is 1. The first-order valence-corrected chi connectivity index (χ1v) is 7.91. The molecule has 0 aromatic heterocycles. The summed E-state index contributed by atoms with van der Waals surface area (Å²) in [6, 6.07) is 6.39. The van der Waals surface area contributed by atoms with E-state index >= 15 is 0 Å². The monoisotopic (exact) mass is 334 g/mol. The number of nitro groups is 1. The highest BCUT2D eigenvalue weighted by Gasteiger charge is 2.46. The van der Waals surface area contributed by atoms with Crippen LogP contribution in [-0.2, 0) is 11.2 Å². The summed E-state index contributed by atoms with van der Waals surface area (Å²) >= 11 is 0. The number of hydrogen-bond acceptors (Lipinski definition) is 4. The van der Waals surface area contributed by atoms with Gasteiger partial charge in [-0.25, -0.2) is 4.79 Å². The quantitative estimate of drug-likeness (QED) is 0.502. The van der Waals surface area contributed by atoms with Crippen molar-refractivity contribution in [3.05, 3.63) is 52.3 Å². The van der Waals surface area contributed by atoms with E-state index in [-0.39, 0.29) is 18.0 Å². The van der Waals surface area contributed by atoms with E-state index in [4.69, 9.17) is 4.74 Å². The zero-order valence-corrected chi connectivity index (χ0v) is 13.8. The Morgan fingerprint density at radius 3 is 2.88 bits per heavy atom. The van der Waals surface area contributed by atoms with E-state index in [2.05, 4.69) is 0 Å². The number of benzene rings is 1. The second kappa shape index (κ2) is 7.33. The molecule has 2 atom stereocenters. The average molecular weight is 334 g/mol. The second-order valence-electron chi connectivity index (χ2n) is 6.13. The molecule has 1 aromatic rings. The van der Waals surface area contributed by atoms with Crippen LogP contribution in [0.5, 0.6) is 0 Å². The van der Waals surface area contributed by atoms with Crippen molar-refractivity contribution in [3.63, 3.8) is 0 Å². The summed E-state index contributed by atoms with van der Waals surface area (Å²) in [5.41, 5.74) is -0.695. The number of allylic oxidation sites excluding steroid dienone is 1. The highest BCUT2D eigenvalue weighted by molar-refractivity contribution is 5.66. The molecule has 2 rings (SSSR count). The lowest BCUT2D eigenvalue weighted by molar-refractivity contribution is -0.385. The molecular formula is C17H22N2O5. The molecule has 130 valence electrons. The minimum atomic E-state index is -1.14. The lowest BCUT2D eigenvalue weighted by Crippen LogP contribution is -2.58. The summed E-state index contributed by atoms with van der Waals surface area (Å²) in [6.07, 6.45) is 3.42. The van der Waals surface area contributed by atoms with E-state index in [0.29, 0.717) is 18.5 Å². The van der Waals surface area contributed by atoms with Gasteiger partial charge in [0.25, 0.3) is 5.69 Å². The molecule has 24 heavy (non-hydrogen) atoms. The summed E-state index contributed by atoms with van der Waals surface area (Å²) in [6.45, 7) is 4.15. The molecule has 1 aliphatic rings. The maximum Gasteiger partial charge on any atom is 0.410 e. The SMILES string of the molecule is CC=COC1(Cc2ccccc2[N+](=O)[O-])CC(C)CCN1C(=O)O. The first-order chi connectivity index (χ1) is 11.4. The summed E-state index contributed by atoms with van der Waals surface area (Å²) in [7, 11) is 0. The number of piperidine rings is 1. The van der Waals surface area contributed by atoms with E-state index in [1.165, 1.54) is 17.2 Å². The molecule has 1 amide bonds. The predicted molar refractivity (Wildman–Crippen MR) is 88.6 cm³/mol. The minimum Gasteiger partial charge on any atom is -0.475 e. The van der Waals surface area contributed by atoms with E-state index in [1.54, 1.807) is 31.2 Å². The molecule has 0 radical (unpaired) electrons. The number of hydrogen-bond donors (Lipinski definition) is 1. The molecule has 1 heterocycles. The van der Waals surface area contributed by atoms with Crippen LogP contribution in [-0.4, -0.2) is 33.3 Å². The molecular weight excluding hydrogens is 312 g/mol. The number of para-hydroxylation sites is 1. The molecule has 0 bridgehead atoms. The van der Waals surface area contributed by atoms with Gasteiger partial charge in [0.2, 0.25) is 0 Å². The van der Waals surface area contributed by atoms with Crippen LogP contribution < -0.4 is 0 Å². The summed E-state index contributed by atoms with van der Waals surface area (Å²) in [5, 5.41) is 20.9. The number of carboxylic acid groups (broad SMARTS) is 1. The standard InChI is InChI=1S/C17H22N2O5/c1-3-10-24-17(11-13(2)8-9-18(17)16(20)21)12-14-6-4-5-7-15(14)19(22)23/h3-7,10,13H,8-9,11-12H2,1-2H3,(H,20,21). The average Bonchev–Trinajstić information content (AvgIpc) is 2.53. The van der Waals surface area contributed by atoms with E-state index < -0.39 is 16.7 Å². The maximum atomic E-state index is 11.7. The normalized spacial score (nSPS) is 24.1. The van der Waals surface area contributed by atoms with Crippen LogP contribution in [0, 0.1) is 16.0 Å². The fraction of sp³-hybridized carbons (Fsp3) is 0.471. The van der Waals surface area contributed by atoms with Gasteiger partial charge in [0.15, 0.2) is 5.72 Å². The van der Waals surface area contributed by atoms with Gasteiger partial charge in [-0.3, -0.25) is 15.0 Å². The number of rotatable bonds is 5. The Labute approximate surface area is 140 Å². The van der Waals surface area contributed by atoms with Crippen LogP contribution in [0.15, 0.2) is 36.6 Å². The van der Waals surface area contributed by atoms with Crippen LogP contribution >= 0.6 is 0 Å². The van der Waals surface area contributed by atoms with Crippen molar-refractivity contribution in [1.82, 2.24) is 4.90 Å². The van der Waals surface area contributed by atoms with Gasteiger partial charge in [-0.1, -0.05) is 31.2 Å². The number of ether oxygens (including phenoxy) is 1. The molecule has 0 saturated carbocycles. The van der Waals surface area contributed by atoms with Gasteiger partial charge < -0.3 is 9.84 Å². The van der Waals surface area contributed by atoms with Gasteiger partial charge in [-0.2, -0.15) is 0 Å². The maximum absolute atomic E-state index is 11.7. The Kier molecular flexibility index (Phi) is 5.43. The van der Waals surface area contributed by atoms with E-state index in [9.17, 15) is 20.0 Å². The summed E-state index contributed by atoms with van der Waals surface area (Å²) in [5.74, 6) is 0.258. The lowest BCUT2D eigenvalue weighted by atomic mass is 9.85. The topological polar surface area (TPSA) is 92.9 Å². The molecule has 2 unspecified atom stereocenters. The van der Waals surface area contributed by atoms with Crippen LogP contribution in [0.4, 0.5) is 10.5 Å². The van der Waals surface area contributed by atoms with Crippen LogP contribution in [0.1, 0.15) is 32.3 Å². The largest absolute Gasteiger partial charge is 0.475 e. The third-order valence-electron chi connectivity index (χ3n) is 4.31. The Morgan fingerprint density at radius 1 is 1.54 bits per heavy atom. The molecule has 1 aliphatic heterocycles. The lowest BCUT2D eigenvalue weighted by Gasteiger charge is -2.46. The molecule has 1 fully saturated rings. The number of nitro benzene ring substituents is 1. The van der Waals surface area contributed by atoms with Crippen molar-refractivity contribution < 1.29 is 19.6 Å². The Morgan fingerprint density at radius 2 is 2.25 bits per heavy atom. The highest BCUT2D eigenvalue weighted by atomic mass is 16.6. The highest BCUT2D eigenvalue weighted by Crippen LogP contribution is 2.38. The molecule has 1 N–H and O–H groups in total. The Hall–Kier alpha value is -2.57. The second-order valence-corrected chi connectivity index (χ2v) is 6.13. The molecule has 0 spiro atoms. The third-order valence-corrected chi connectivity index (χ3v) is 4.31. The first-order valence-electron chi connectivity index (χ1n) is 7.91. The zero-order chi connectivity index (χ0) is 17.7. The molecule has 0 aliphatic carbocycles. The van der Waals surface area contributed by atoms with Crippen molar-refractivity contribution in [2.24, 2.45) is 5.92 Å². The van der Waals surface area contributed by atoms with E-state index in [0.717, 1.165) is 6.42 Å². The Balaban J connectivity index is 2.47. The Bertz CT molecular complexity index is 646. The van der Waals surface area contributed by atoms with Gasteiger partial charge in [0, 0.05) is 31.0 Å². The third kappa shape index (κ3) is 3.67. The number of nitrogens with zero attached hydrogens (tertiary/aromatic N) is 2. The van der Waals surface area contributed by atoms with Crippen molar-refractivity contribution in [1.29, 1.82) is 0 Å². The van der Waals surface area contributed by atoms with Gasteiger partial charge in [0.1, 0.15) is 0 Å². The number of amides is 1. The molecule has 1 aromatic carbocycles. The van der Waals surface area contributed by atoms with Gasteiger partial charge >= 0.3 is 6.09 Å². The fourth-order valence-electron chi connectivity index (χ4n) is 3.23. The van der Waals surface area contributed by atoms with Gasteiger partial charge in [-0.05, 0) is 19.3 Å². The predicted octanol–water partition coefficient (Wildman–Crippen LogP) is 3.79. The van der Waals surface area contributed by atoms with Crippen molar-refractivity contribution in [2.75, 3.05) is 6.54 Å². The van der Waals surface area contributed by atoms with Crippen LogP contribution in [0.3, 0.4) is 0 Å². The van der Waals surface area contributed by atoms with Crippen LogP contribution in [0.2, 0.25) is 0 Å². The van der Waals surface area contributed by atoms with Crippen molar-refractivity contribution in [3.8, 4) is 0 Å². The molecule has 7 nitrogen and oxygen atoms in total. The first kappa shape index (κ1) is 17.8. The van der Waals surface area contributed by atoms with Crippen molar-refractivity contribution in [2.45, 2.75) is 38.8 Å². The minimum absolute atomic E-state index is 0.0236. The van der Waals surface area contributed by atoms with E-state index in [1.807, 2.05) is 6.92 Å². The van der Waals surface area contributed by atoms with Gasteiger partial charge in [0.05, 0.1) is 11.2 Å². The van der Waals surface area contributed by atoms with Gasteiger partial charge in [-0.15, -0.1) is 0 Å². The molecule has 7 heteroatoms. The zero-order valence-electron chi connectivity index (χ0n) is 13.8. The fourth-order valence-corrected chi connectivity index (χ4v) is 3.23. The number of likely N-dealkylation sites (tertiary alicyclic amines) is 1. The molecule has 1 saturated heterocycles. The van der Waals surface area contributed by atoms with Crippen LogP contribution in [0.25, 0.3) is 0 Å². The smallest absolute Gasteiger partial charge is 0.410 e. The summed E-state index contributed by atoms with van der Waals surface area (Å²) in [4.78, 5) is 23.8. The summed E-state index contributed by atoms with van der Waals surface area (Å²) < 4.78 is 5.84.